The summed E-state index contributed by atoms with van der Waals surface area (Å²) >= 11 is 3.74. The van der Waals surface area contributed by atoms with Crippen molar-refractivity contribution in [1.82, 2.24) is 4.90 Å². The monoisotopic (exact) mass is 245 g/mol. The van der Waals surface area contributed by atoms with Gasteiger partial charge in [0.25, 0.3) is 0 Å². The molecular weight excluding hydrogens is 226 g/mol. The van der Waals surface area contributed by atoms with Crippen LogP contribution in [0.1, 0.15) is 38.5 Å². The maximum Gasteiger partial charge on any atom is 0.0273 e. The largest absolute Gasteiger partial charge is 0.302 e. The zero-order valence-electron chi connectivity index (χ0n) is 8.34. The highest BCUT2D eigenvalue weighted by Gasteiger charge is 2.22. The number of hydrogen-bond donors (Lipinski definition) is 0. The Morgan fingerprint density at radius 1 is 1.08 bits per heavy atom. The van der Waals surface area contributed by atoms with Crippen molar-refractivity contribution in [1.29, 1.82) is 0 Å². The van der Waals surface area contributed by atoms with Gasteiger partial charge < -0.3 is 4.90 Å². The molecule has 1 nitrogen and oxygen atoms in total. The first-order valence-corrected chi connectivity index (χ1v) is 6.62. The minimum absolute atomic E-state index is 0.766. The van der Waals surface area contributed by atoms with Crippen LogP contribution in [0.5, 0.6) is 0 Å². The second-order valence-electron chi connectivity index (χ2n) is 4.65. The molecule has 1 saturated heterocycles. The van der Waals surface area contributed by atoms with Gasteiger partial charge in [-0.25, -0.2) is 0 Å². The fraction of sp³-hybridized carbons (Fsp3) is 1.00. The first kappa shape index (κ1) is 9.97. The molecule has 1 unspecified atom stereocenters. The van der Waals surface area contributed by atoms with E-state index in [0.29, 0.717) is 0 Å². The van der Waals surface area contributed by atoms with Crippen LogP contribution < -0.4 is 0 Å². The van der Waals surface area contributed by atoms with Gasteiger partial charge in [-0.1, -0.05) is 28.8 Å². The third kappa shape index (κ3) is 2.95. The summed E-state index contributed by atoms with van der Waals surface area (Å²) in [4.78, 5) is 3.43. The Balaban J connectivity index is 1.73. The lowest BCUT2D eigenvalue weighted by Crippen LogP contribution is -2.38. The minimum atomic E-state index is 0.766. The predicted octanol–water partition coefficient (Wildman–Crippen LogP) is 3.04. The SMILES string of the molecule is BrC1CCCN(CC2CCCC2)C1. The van der Waals surface area contributed by atoms with Crippen LogP contribution in [0.3, 0.4) is 0 Å². The third-order valence-electron chi connectivity index (χ3n) is 3.44. The highest BCUT2D eigenvalue weighted by molar-refractivity contribution is 9.09. The van der Waals surface area contributed by atoms with Gasteiger partial charge in [0.15, 0.2) is 0 Å². The molecule has 0 aromatic carbocycles. The van der Waals surface area contributed by atoms with E-state index >= 15 is 0 Å². The van der Waals surface area contributed by atoms with Gasteiger partial charge in [-0.15, -0.1) is 0 Å². The Morgan fingerprint density at radius 2 is 1.85 bits per heavy atom. The Labute approximate surface area is 90.0 Å². The van der Waals surface area contributed by atoms with E-state index in [0.717, 1.165) is 10.7 Å². The van der Waals surface area contributed by atoms with Crippen LogP contribution in [0.25, 0.3) is 0 Å². The Bertz CT molecular complexity index is 154. The summed E-state index contributed by atoms with van der Waals surface area (Å²) in [5.41, 5.74) is 0. The molecule has 1 aliphatic heterocycles. The molecule has 0 aromatic heterocycles. The van der Waals surface area contributed by atoms with Crippen LogP contribution in [0, 0.1) is 5.92 Å². The van der Waals surface area contributed by atoms with Gasteiger partial charge in [-0.2, -0.15) is 0 Å². The smallest absolute Gasteiger partial charge is 0.0273 e. The van der Waals surface area contributed by atoms with Gasteiger partial charge >= 0.3 is 0 Å². The molecule has 0 amide bonds. The second-order valence-corrected chi connectivity index (χ2v) is 5.94. The van der Waals surface area contributed by atoms with Crippen LogP contribution in [-0.2, 0) is 0 Å². The summed E-state index contributed by atoms with van der Waals surface area (Å²) in [7, 11) is 0. The van der Waals surface area contributed by atoms with Crippen LogP contribution in [-0.4, -0.2) is 29.4 Å². The van der Waals surface area contributed by atoms with Gasteiger partial charge in [0.1, 0.15) is 0 Å². The number of piperidine rings is 1. The van der Waals surface area contributed by atoms with E-state index in [1.807, 2.05) is 0 Å². The summed E-state index contributed by atoms with van der Waals surface area (Å²) < 4.78 is 0. The van der Waals surface area contributed by atoms with Gasteiger partial charge in [0, 0.05) is 17.9 Å². The van der Waals surface area contributed by atoms with Crippen LogP contribution in [0.4, 0.5) is 0 Å². The fourth-order valence-corrected chi connectivity index (χ4v) is 3.46. The number of halogens is 1. The van der Waals surface area contributed by atoms with Crippen molar-refractivity contribution in [2.24, 2.45) is 5.92 Å². The summed E-state index contributed by atoms with van der Waals surface area (Å²) in [5, 5.41) is 0. The van der Waals surface area contributed by atoms with Crippen LogP contribution in [0.2, 0.25) is 0 Å². The number of alkyl halides is 1. The Hall–Kier alpha value is 0.440. The first-order valence-electron chi connectivity index (χ1n) is 5.71. The molecule has 2 rings (SSSR count). The van der Waals surface area contributed by atoms with E-state index in [4.69, 9.17) is 0 Å². The van der Waals surface area contributed by atoms with E-state index in [2.05, 4.69) is 20.8 Å². The van der Waals surface area contributed by atoms with Gasteiger partial charge in [-0.05, 0) is 38.1 Å². The number of hydrogen-bond acceptors (Lipinski definition) is 1. The average Bonchev–Trinajstić information content (AvgIpc) is 2.57. The molecule has 76 valence electrons. The zero-order valence-corrected chi connectivity index (χ0v) is 9.93. The summed E-state index contributed by atoms with van der Waals surface area (Å²) in [6.07, 6.45) is 8.71. The second kappa shape index (κ2) is 4.79. The Kier molecular flexibility index (Phi) is 3.67. The molecule has 0 spiro atoms. The molecule has 1 heterocycles. The maximum atomic E-state index is 3.74. The minimum Gasteiger partial charge on any atom is -0.302 e. The van der Waals surface area contributed by atoms with Crippen molar-refractivity contribution in [3.8, 4) is 0 Å². The third-order valence-corrected chi connectivity index (χ3v) is 4.19. The van der Waals surface area contributed by atoms with E-state index in [-0.39, 0.29) is 0 Å². The van der Waals surface area contributed by atoms with Crippen molar-refractivity contribution in [2.45, 2.75) is 43.4 Å². The molecule has 0 aromatic rings. The first-order chi connectivity index (χ1) is 6.34. The molecule has 0 bridgehead atoms. The molecule has 0 N–H and O–H groups in total. The molecule has 1 atom stereocenters. The molecular formula is C11H20BrN. The standard InChI is InChI=1S/C11H20BrN/c12-11-6-3-7-13(9-11)8-10-4-1-2-5-10/h10-11H,1-9H2. The molecule has 0 radical (unpaired) electrons. The topological polar surface area (TPSA) is 3.24 Å². The quantitative estimate of drug-likeness (QED) is 0.677. The number of likely N-dealkylation sites (tertiary alicyclic amines) is 1. The highest BCUT2D eigenvalue weighted by Crippen LogP contribution is 2.27. The van der Waals surface area contributed by atoms with Crippen molar-refractivity contribution >= 4 is 15.9 Å². The zero-order chi connectivity index (χ0) is 9.10. The lowest BCUT2D eigenvalue weighted by Gasteiger charge is -2.31. The molecule has 1 aliphatic carbocycles. The maximum absolute atomic E-state index is 3.74. The van der Waals surface area contributed by atoms with E-state index in [9.17, 15) is 0 Å². The highest BCUT2D eigenvalue weighted by atomic mass is 79.9. The summed E-state index contributed by atoms with van der Waals surface area (Å²) in [5.74, 6) is 1.03. The molecule has 2 heteroatoms. The van der Waals surface area contributed by atoms with Crippen molar-refractivity contribution in [3.63, 3.8) is 0 Å². The van der Waals surface area contributed by atoms with E-state index in [1.54, 1.807) is 0 Å². The Morgan fingerprint density at radius 3 is 2.54 bits per heavy atom. The van der Waals surface area contributed by atoms with E-state index in [1.165, 1.54) is 58.2 Å². The lowest BCUT2D eigenvalue weighted by atomic mass is 10.1. The van der Waals surface area contributed by atoms with Gasteiger partial charge in [-0.3, -0.25) is 0 Å². The van der Waals surface area contributed by atoms with Gasteiger partial charge in [0.05, 0.1) is 0 Å². The van der Waals surface area contributed by atoms with Crippen LogP contribution >= 0.6 is 15.9 Å². The summed E-state index contributed by atoms with van der Waals surface area (Å²) in [6.45, 7) is 4.01. The van der Waals surface area contributed by atoms with Crippen LogP contribution in [0.15, 0.2) is 0 Å². The molecule has 1 saturated carbocycles. The predicted molar refractivity (Wildman–Crippen MR) is 60.3 cm³/mol. The van der Waals surface area contributed by atoms with Crippen molar-refractivity contribution in [3.05, 3.63) is 0 Å². The number of rotatable bonds is 2. The van der Waals surface area contributed by atoms with Crippen molar-refractivity contribution in [2.75, 3.05) is 19.6 Å². The fourth-order valence-electron chi connectivity index (χ4n) is 2.72. The van der Waals surface area contributed by atoms with Crippen molar-refractivity contribution < 1.29 is 0 Å². The lowest BCUT2D eigenvalue weighted by molar-refractivity contribution is 0.202. The summed E-state index contributed by atoms with van der Waals surface area (Å²) in [6, 6.07) is 0. The van der Waals surface area contributed by atoms with E-state index < -0.39 is 0 Å². The molecule has 2 fully saturated rings. The normalized spacial score (nSPS) is 32.5. The number of nitrogens with zero attached hydrogens (tertiary/aromatic N) is 1. The molecule has 2 aliphatic rings. The molecule has 13 heavy (non-hydrogen) atoms. The van der Waals surface area contributed by atoms with Gasteiger partial charge in [0.2, 0.25) is 0 Å². The average molecular weight is 246 g/mol.